The number of nitrogens with one attached hydrogen (secondary N) is 2. The molecular weight excluding hydrogens is 318 g/mol. The van der Waals surface area contributed by atoms with Gasteiger partial charge in [-0.3, -0.25) is 4.79 Å². The van der Waals surface area contributed by atoms with Gasteiger partial charge in [0.2, 0.25) is 15.9 Å². The molecule has 1 rings (SSSR count). The second-order valence-corrected chi connectivity index (χ2v) is 7.12. The molecule has 0 bridgehead atoms. The summed E-state index contributed by atoms with van der Waals surface area (Å²) in [4.78, 5) is 14.8. The Kier molecular flexibility index (Phi) is 7.02. The molecule has 1 aromatic carbocycles. The summed E-state index contributed by atoms with van der Waals surface area (Å²) in [5, 5.41) is 5.86. The van der Waals surface area contributed by atoms with E-state index < -0.39 is 22.0 Å². The van der Waals surface area contributed by atoms with Crippen LogP contribution in [0.1, 0.15) is 19.4 Å². The summed E-state index contributed by atoms with van der Waals surface area (Å²) >= 11 is 0. The van der Waals surface area contributed by atoms with E-state index in [0.29, 0.717) is 0 Å². The Balaban J connectivity index is 2.83. The lowest BCUT2D eigenvalue weighted by atomic mass is 10.1. The maximum Gasteiger partial charge on any atom is 0.241 e. The van der Waals surface area contributed by atoms with Crippen LogP contribution in [-0.2, 0) is 14.8 Å². The molecule has 1 atom stereocenters. The van der Waals surface area contributed by atoms with Gasteiger partial charge >= 0.3 is 0 Å². The quantitative estimate of drug-likeness (QED) is 0.324. The summed E-state index contributed by atoms with van der Waals surface area (Å²) in [5.74, 6) is -0.696. The van der Waals surface area contributed by atoms with E-state index in [1.807, 2.05) is 6.92 Å². The average molecular weight is 339 g/mol. The highest BCUT2D eigenvalue weighted by atomic mass is 32.2. The molecule has 0 aliphatic carbocycles. The van der Waals surface area contributed by atoms with Gasteiger partial charge in [0, 0.05) is 18.0 Å². The minimum absolute atomic E-state index is 0.107. The number of azide groups is 1. The smallest absolute Gasteiger partial charge is 0.241 e. The highest BCUT2D eigenvalue weighted by molar-refractivity contribution is 7.89. The Bertz CT molecular complexity index is 679. The number of aryl methyl sites for hydroxylation is 1. The van der Waals surface area contributed by atoms with Crippen LogP contribution in [0.3, 0.4) is 0 Å². The zero-order valence-electron chi connectivity index (χ0n) is 13.4. The maximum absolute atomic E-state index is 12.4. The lowest BCUT2D eigenvalue weighted by molar-refractivity contribution is -0.123. The SMILES string of the molecule is Cc1ccc(S(=O)(=O)N[C@H](C(=O)NCCN=[N+]=[N-])C(C)C)cc1. The van der Waals surface area contributed by atoms with Gasteiger partial charge in [0.1, 0.15) is 6.04 Å². The zero-order valence-corrected chi connectivity index (χ0v) is 14.2. The molecule has 0 heterocycles. The van der Waals surface area contributed by atoms with E-state index >= 15 is 0 Å². The lowest BCUT2D eigenvalue weighted by Gasteiger charge is -2.21. The first-order chi connectivity index (χ1) is 10.8. The van der Waals surface area contributed by atoms with Crippen molar-refractivity contribution >= 4 is 15.9 Å². The fourth-order valence-corrected chi connectivity index (χ4v) is 3.17. The Labute approximate surface area is 136 Å². The van der Waals surface area contributed by atoms with Gasteiger partial charge in [-0.25, -0.2) is 8.42 Å². The monoisotopic (exact) mass is 339 g/mol. The van der Waals surface area contributed by atoms with Crippen molar-refractivity contribution in [2.24, 2.45) is 11.0 Å². The van der Waals surface area contributed by atoms with Gasteiger partial charge in [0.25, 0.3) is 0 Å². The molecule has 1 amide bonds. The number of carbonyl (C=O) groups excluding carboxylic acids is 1. The number of nitrogens with zero attached hydrogens (tertiary/aromatic N) is 3. The molecule has 0 aliphatic rings. The largest absolute Gasteiger partial charge is 0.355 e. The van der Waals surface area contributed by atoms with Crippen LogP contribution >= 0.6 is 0 Å². The predicted molar refractivity (Wildman–Crippen MR) is 87.1 cm³/mol. The molecule has 0 unspecified atom stereocenters. The van der Waals surface area contributed by atoms with Crippen LogP contribution in [-0.4, -0.2) is 33.5 Å². The van der Waals surface area contributed by atoms with Crippen LogP contribution in [0.2, 0.25) is 0 Å². The third kappa shape index (κ3) is 5.90. The molecule has 0 saturated heterocycles. The normalized spacial score (nSPS) is 12.5. The van der Waals surface area contributed by atoms with Gasteiger partial charge in [-0.1, -0.05) is 36.7 Å². The number of amides is 1. The first-order valence-electron chi connectivity index (χ1n) is 7.15. The van der Waals surface area contributed by atoms with Crippen molar-refractivity contribution in [2.75, 3.05) is 13.1 Å². The van der Waals surface area contributed by atoms with E-state index in [1.165, 1.54) is 12.1 Å². The molecule has 0 spiro atoms. The summed E-state index contributed by atoms with van der Waals surface area (Å²) in [6.45, 7) is 5.61. The standard InChI is InChI=1S/C14H21N5O3S/c1-10(2)13(14(20)16-8-9-17-19-15)18-23(21,22)12-6-4-11(3)5-7-12/h4-7,10,13,18H,8-9H2,1-3H3,(H,16,20)/t13-/m0/s1. The maximum atomic E-state index is 12.4. The van der Waals surface area contributed by atoms with Crippen LogP contribution in [0, 0.1) is 12.8 Å². The van der Waals surface area contributed by atoms with Crippen molar-refractivity contribution in [3.05, 3.63) is 40.3 Å². The first kappa shape index (κ1) is 19.0. The van der Waals surface area contributed by atoms with Crippen LogP contribution in [0.5, 0.6) is 0 Å². The average Bonchev–Trinajstić information content (AvgIpc) is 2.49. The van der Waals surface area contributed by atoms with Gasteiger partial charge in [-0.2, -0.15) is 4.72 Å². The molecule has 0 aromatic heterocycles. The highest BCUT2D eigenvalue weighted by Gasteiger charge is 2.28. The third-order valence-electron chi connectivity index (χ3n) is 3.14. The highest BCUT2D eigenvalue weighted by Crippen LogP contribution is 2.13. The van der Waals surface area contributed by atoms with Crippen molar-refractivity contribution in [1.82, 2.24) is 10.0 Å². The topological polar surface area (TPSA) is 124 Å². The number of sulfonamides is 1. The summed E-state index contributed by atoms with van der Waals surface area (Å²) in [7, 11) is -3.79. The molecule has 9 heteroatoms. The molecule has 1 aromatic rings. The molecule has 0 radical (unpaired) electrons. The summed E-state index contributed by atoms with van der Waals surface area (Å²) in [5.41, 5.74) is 9.13. The van der Waals surface area contributed by atoms with E-state index in [-0.39, 0.29) is 23.9 Å². The lowest BCUT2D eigenvalue weighted by Crippen LogP contribution is -2.50. The number of carbonyl (C=O) groups is 1. The number of rotatable bonds is 8. The molecule has 8 nitrogen and oxygen atoms in total. The molecule has 0 fully saturated rings. The zero-order chi connectivity index (χ0) is 17.5. The van der Waals surface area contributed by atoms with Gasteiger partial charge in [0.15, 0.2) is 0 Å². The van der Waals surface area contributed by atoms with Crippen LogP contribution in [0.25, 0.3) is 10.4 Å². The fourth-order valence-electron chi connectivity index (χ4n) is 1.83. The minimum Gasteiger partial charge on any atom is -0.355 e. The minimum atomic E-state index is -3.79. The van der Waals surface area contributed by atoms with Crippen molar-refractivity contribution in [3.8, 4) is 0 Å². The Morgan fingerprint density at radius 2 is 1.91 bits per heavy atom. The molecule has 0 aliphatic heterocycles. The fraction of sp³-hybridized carbons (Fsp3) is 0.500. The van der Waals surface area contributed by atoms with Crippen molar-refractivity contribution in [3.63, 3.8) is 0 Å². The van der Waals surface area contributed by atoms with Gasteiger partial charge < -0.3 is 5.32 Å². The van der Waals surface area contributed by atoms with Crippen LogP contribution in [0.4, 0.5) is 0 Å². The summed E-state index contributed by atoms with van der Waals surface area (Å²) in [6.07, 6.45) is 0. The van der Waals surface area contributed by atoms with Gasteiger partial charge in [-0.05, 0) is 30.5 Å². The van der Waals surface area contributed by atoms with Crippen molar-refractivity contribution in [1.29, 1.82) is 0 Å². The Hall–Kier alpha value is -2.09. The summed E-state index contributed by atoms with van der Waals surface area (Å²) < 4.78 is 27.2. The van der Waals surface area contributed by atoms with E-state index in [4.69, 9.17) is 5.53 Å². The number of benzene rings is 1. The molecule has 2 N–H and O–H groups in total. The number of hydrogen-bond donors (Lipinski definition) is 2. The van der Waals surface area contributed by atoms with Crippen molar-refractivity contribution < 1.29 is 13.2 Å². The second kappa shape index (κ2) is 8.52. The Morgan fingerprint density at radius 3 is 2.43 bits per heavy atom. The third-order valence-corrected chi connectivity index (χ3v) is 4.59. The van der Waals surface area contributed by atoms with Crippen LogP contribution in [0.15, 0.2) is 34.3 Å². The van der Waals surface area contributed by atoms with E-state index in [1.54, 1.807) is 26.0 Å². The Morgan fingerprint density at radius 1 is 1.30 bits per heavy atom. The molecule has 0 saturated carbocycles. The van der Waals surface area contributed by atoms with Crippen LogP contribution < -0.4 is 10.0 Å². The van der Waals surface area contributed by atoms with Gasteiger partial charge in [-0.15, -0.1) is 0 Å². The van der Waals surface area contributed by atoms with Crippen molar-refractivity contribution in [2.45, 2.75) is 31.7 Å². The molecular formula is C14H21N5O3S. The van der Waals surface area contributed by atoms with Gasteiger partial charge in [0.05, 0.1) is 4.90 Å². The first-order valence-corrected chi connectivity index (χ1v) is 8.64. The molecule has 23 heavy (non-hydrogen) atoms. The van der Waals surface area contributed by atoms with E-state index in [0.717, 1.165) is 5.56 Å². The number of hydrogen-bond acceptors (Lipinski definition) is 4. The van der Waals surface area contributed by atoms with E-state index in [2.05, 4.69) is 20.1 Å². The predicted octanol–water partition coefficient (Wildman–Crippen LogP) is 1.72. The summed E-state index contributed by atoms with van der Waals surface area (Å²) in [6, 6.07) is 5.47. The second-order valence-electron chi connectivity index (χ2n) is 5.40. The van der Waals surface area contributed by atoms with E-state index in [9.17, 15) is 13.2 Å². The molecule has 126 valence electrons.